The number of carbonyl (C=O) groups is 1. The minimum atomic E-state index is -0.225. The van der Waals surface area contributed by atoms with Crippen molar-refractivity contribution in [2.45, 2.75) is 70.1 Å². The first-order valence-corrected chi connectivity index (χ1v) is 9.14. The van der Waals surface area contributed by atoms with E-state index in [1.807, 2.05) is 0 Å². The SMILES string of the molecule is CC(=O)O[C@@H]1CC2[C@H](O)[C@@H](C)C[C@@]34C1CCCN3CCC[C@@H]24. The molecular formula is C18H29NO3. The number of aliphatic hydroxyl groups excluding tert-OH is 1. The average Bonchev–Trinajstić information content (AvgIpc) is 2.47. The highest BCUT2D eigenvalue weighted by Gasteiger charge is 2.65. The zero-order valence-electron chi connectivity index (χ0n) is 13.8. The van der Waals surface area contributed by atoms with Crippen LogP contribution in [0, 0.1) is 23.7 Å². The third-order valence-electron chi connectivity index (χ3n) is 7.22. The predicted octanol–water partition coefficient (Wildman–Crippen LogP) is 2.20. The van der Waals surface area contributed by atoms with Crippen LogP contribution in [0.2, 0.25) is 0 Å². The topological polar surface area (TPSA) is 49.8 Å². The third kappa shape index (κ3) is 1.92. The van der Waals surface area contributed by atoms with Gasteiger partial charge in [0.1, 0.15) is 6.10 Å². The first-order valence-electron chi connectivity index (χ1n) is 9.14. The molecule has 1 N–H and O–H groups in total. The fourth-order valence-corrected chi connectivity index (χ4v) is 6.68. The predicted molar refractivity (Wildman–Crippen MR) is 83.2 cm³/mol. The van der Waals surface area contributed by atoms with Crippen molar-refractivity contribution in [1.82, 2.24) is 4.90 Å². The fourth-order valence-electron chi connectivity index (χ4n) is 6.68. The van der Waals surface area contributed by atoms with Crippen molar-refractivity contribution in [3.63, 3.8) is 0 Å². The Bertz CT molecular complexity index is 465. The molecule has 2 saturated heterocycles. The smallest absolute Gasteiger partial charge is 0.302 e. The van der Waals surface area contributed by atoms with E-state index in [9.17, 15) is 9.90 Å². The van der Waals surface area contributed by atoms with Gasteiger partial charge < -0.3 is 9.84 Å². The van der Waals surface area contributed by atoms with E-state index < -0.39 is 0 Å². The molecule has 7 atom stereocenters. The van der Waals surface area contributed by atoms with Crippen LogP contribution in [0.4, 0.5) is 0 Å². The molecule has 2 unspecified atom stereocenters. The van der Waals surface area contributed by atoms with Gasteiger partial charge in [-0.1, -0.05) is 6.92 Å². The highest BCUT2D eigenvalue weighted by molar-refractivity contribution is 5.66. The van der Waals surface area contributed by atoms with Crippen LogP contribution in [0.3, 0.4) is 0 Å². The van der Waals surface area contributed by atoms with Gasteiger partial charge >= 0.3 is 5.97 Å². The van der Waals surface area contributed by atoms with Crippen LogP contribution in [0.25, 0.3) is 0 Å². The summed E-state index contributed by atoms with van der Waals surface area (Å²) in [6.45, 7) is 6.12. The summed E-state index contributed by atoms with van der Waals surface area (Å²) < 4.78 is 5.76. The van der Waals surface area contributed by atoms with Gasteiger partial charge in [0.05, 0.1) is 6.10 Å². The molecule has 0 aromatic rings. The molecule has 2 aliphatic heterocycles. The van der Waals surface area contributed by atoms with Crippen molar-refractivity contribution in [3.05, 3.63) is 0 Å². The molecule has 1 spiro atoms. The molecule has 4 nitrogen and oxygen atoms in total. The molecule has 0 aromatic heterocycles. The zero-order valence-corrected chi connectivity index (χ0v) is 13.8. The molecule has 4 fully saturated rings. The van der Waals surface area contributed by atoms with Crippen molar-refractivity contribution in [3.8, 4) is 0 Å². The van der Waals surface area contributed by atoms with Crippen molar-refractivity contribution < 1.29 is 14.6 Å². The molecule has 4 aliphatic rings. The van der Waals surface area contributed by atoms with Gasteiger partial charge in [0.15, 0.2) is 0 Å². The van der Waals surface area contributed by atoms with Gasteiger partial charge in [0.2, 0.25) is 0 Å². The summed E-state index contributed by atoms with van der Waals surface area (Å²) in [7, 11) is 0. The Morgan fingerprint density at radius 2 is 1.91 bits per heavy atom. The van der Waals surface area contributed by atoms with Crippen LogP contribution in [0.15, 0.2) is 0 Å². The van der Waals surface area contributed by atoms with Gasteiger partial charge in [-0.2, -0.15) is 0 Å². The Morgan fingerprint density at radius 1 is 1.23 bits per heavy atom. The Morgan fingerprint density at radius 3 is 2.59 bits per heavy atom. The average molecular weight is 307 g/mol. The maximum atomic E-state index is 11.6. The minimum Gasteiger partial charge on any atom is -0.462 e. The van der Waals surface area contributed by atoms with E-state index in [2.05, 4.69) is 11.8 Å². The molecule has 2 bridgehead atoms. The van der Waals surface area contributed by atoms with E-state index in [4.69, 9.17) is 4.74 Å². The Balaban J connectivity index is 1.76. The van der Waals surface area contributed by atoms with Crippen LogP contribution in [-0.2, 0) is 9.53 Å². The summed E-state index contributed by atoms with van der Waals surface area (Å²) in [5.74, 6) is 1.59. The van der Waals surface area contributed by atoms with Crippen LogP contribution < -0.4 is 0 Å². The van der Waals surface area contributed by atoms with Gasteiger partial charge in [-0.3, -0.25) is 9.69 Å². The molecule has 4 rings (SSSR count). The third-order valence-corrected chi connectivity index (χ3v) is 7.22. The first kappa shape index (κ1) is 14.9. The number of piperidine rings is 2. The maximum absolute atomic E-state index is 11.6. The van der Waals surface area contributed by atoms with E-state index in [1.54, 1.807) is 0 Å². The molecule has 22 heavy (non-hydrogen) atoms. The normalized spacial score (nSPS) is 51.0. The second kappa shape index (κ2) is 5.20. The summed E-state index contributed by atoms with van der Waals surface area (Å²) in [5.41, 5.74) is 0.193. The summed E-state index contributed by atoms with van der Waals surface area (Å²) in [6.07, 6.45) is 6.65. The lowest BCUT2D eigenvalue weighted by Gasteiger charge is -2.68. The number of aliphatic hydroxyl groups is 1. The Hall–Kier alpha value is -0.610. The highest BCUT2D eigenvalue weighted by atomic mass is 16.5. The van der Waals surface area contributed by atoms with E-state index >= 15 is 0 Å². The number of rotatable bonds is 1. The molecule has 2 heterocycles. The summed E-state index contributed by atoms with van der Waals surface area (Å²) in [5, 5.41) is 10.8. The van der Waals surface area contributed by atoms with Gasteiger partial charge in [-0.25, -0.2) is 0 Å². The monoisotopic (exact) mass is 307 g/mol. The number of carbonyl (C=O) groups excluding carboxylic acids is 1. The zero-order chi connectivity index (χ0) is 15.5. The Kier molecular flexibility index (Phi) is 3.53. The van der Waals surface area contributed by atoms with Gasteiger partial charge in [-0.15, -0.1) is 0 Å². The quantitative estimate of drug-likeness (QED) is 0.755. The van der Waals surface area contributed by atoms with Crippen LogP contribution >= 0.6 is 0 Å². The first-order chi connectivity index (χ1) is 10.5. The second-order valence-electron chi connectivity index (χ2n) is 8.20. The number of nitrogens with zero attached hydrogens (tertiary/aromatic N) is 1. The Labute approximate surface area is 133 Å². The van der Waals surface area contributed by atoms with Gasteiger partial charge in [-0.05, 0) is 69.4 Å². The molecular weight excluding hydrogens is 278 g/mol. The molecule has 124 valence electrons. The van der Waals surface area contributed by atoms with Crippen molar-refractivity contribution in [2.24, 2.45) is 23.7 Å². The van der Waals surface area contributed by atoms with Gasteiger partial charge in [0, 0.05) is 18.4 Å². The summed E-state index contributed by atoms with van der Waals surface area (Å²) in [6, 6.07) is 0. The number of ether oxygens (including phenoxy) is 1. The van der Waals surface area contributed by atoms with Gasteiger partial charge in [0.25, 0.3) is 0 Å². The standard InChI is InChI=1S/C18H29NO3/c1-11-10-18-14-5-3-7-19(18)8-4-6-15(18)16(22-12(2)20)9-13(14)17(11)21/h11,13-17,21H,3-10H2,1-2H3/t11-,13?,14-,15?,16+,17+,18+/m0/s1. The number of hydrogen-bond donors (Lipinski definition) is 1. The van der Waals surface area contributed by atoms with Crippen molar-refractivity contribution in [1.29, 1.82) is 0 Å². The number of esters is 1. The molecule has 0 radical (unpaired) electrons. The number of hydrogen-bond acceptors (Lipinski definition) is 4. The van der Waals surface area contributed by atoms with Crippen LogP contribution in [0.1, 0.15) is 52.4 Å². The van der Waals surface area contributed by atoms with Crippen LogP contribution in [0.5, 0.6) is 0 Å². The lowest BCUT2D eigenvalue weighted by molar-refractivity contribution is -0.229. The largest absolute Gasteiger partial charge is 0.462 e. The van der Waals surface area contributed by atoms with E-state index in [-0.39, 0.29) is 23.7 Å². The molecule has 2 aliphatic carbocycles. The lowest BCUT2D eigenvalue weighted by atomic mass is 9.47. The maximum Gasteiger partial charge on any atom is 0.302 e. The molecule has 2 saturated carbocycles. The summed E-state index contributed by atoms with van der Waals surface area (Å²) in [4.78, 5) is 14.3. The van der Waals surface area contributed by atoms with Crippen LogP contribution in [-0.4, -0.2) is 46.8 Å². The summed E-state index contributed by atoms with van der Waals surface area (Å²) >= 11 is 0. The molecule has 0 aromatic carbocycles. The van der Waals surface area contributed by atoms with E-state index in [1.165, 1.54) is 45.7 Å². The van der Waals surface area contributed by atoms with E-state index in [0.717, 1.165) is 12.8 Å². The van der Waals surface area contributed by atoms with Crippen molar-refractivity contribution in [2.75, 3.05) is 13.1 Å². The lowest BCUT2D eigenvalue weighted by Crippen LogP contribution is -2.74. The second-order valence-corrected chi connectivity index (χ2v) is 8.20. The highest BCUT2D eigenvalue weighted by Crippen LogP contribution is 2.60. The fraction of sp³-hybridized carbons (Fsp3) is 0.944. The molecule has 4 heteroatoms. The van der Waals surface area contributed by atoms with Crippen molar-refractivity contribution >= 4 is 5.97 Å². The molecule has 0 amide bonds. The van der Waals surface area contributed by atoms with E-state index in [0.29, 0.717) is 23.7 Å². The minimum absolute atomic E-state index is 0.0156.